The first-order valence-corrected chi connectivity index (χ1v) is 10.7. The molecule has 1 unspecified atom stereocenters. The summed E-state index contributed by atoms with van der Waals surface area (Å²) >= 11 is 0. The predicted molar refractivity (Wildman–Crippen MR) is 116 cm³/mol. The molecule has 1 aliphatic heterocycles. The van der Waals surface area contributed by atoms with E-state index in [1.165, 1.54) is 17.5 Å². The molecule has 0 radical (unpaired) electrons. The molecule has 1 fully saturated rings. The number of hydrogen-bond acceptors (Lipinski definition) is 4. The quantitative estimate of drug-likeness (QED) is 0.654. The number of rotatable bonds is 9. The van der Waals surface area contributed by atoms with Crippen LogP contribution in [0.25, 0.3) is 0 Å². The summed E-state index contributed by atoms with van der Waals surface area (Å²) in [5.74, 6) is 1.12. The van der Waals surface area contributed by atoms with Crippen molar-refractivity contribution in [1.29, 1.82) is 0 Å². The minimum atomic E-state index is -0.556. The summed E-state index contributed by atoms with van der Waals surface area (Å²) in [7, 11) is 2.15. The van der Waals surface area contributed by atoms with Crippen molar-refractivity contribution in [2.24, 2.45) is 0 Å². The van der Waals surface area contributed by atoms with Gasteiger partial charge in [-0.05, 0) is 43.1 Å². The third-order valence-corrected chi connectivity index (χ3v) is 6.24. The first kappa shape index (κ1) is 21.1. The number of nitrogens with zero attached hydrogens (tertiary/aromatic N) is 2. The maximum atomic E-state index is 11.4. The Morgan fingerprint density at radius 2 is 1.93 bits per heavy atom. The third kappa shape index (κ3) is 5.05. The van der Waals surface area contributed by atoms with Crippen LogP contribution >= 0.6 is 0 Å². The van der Waals surface area contributed by atoms with Crippen molar-refractivity contribution >= 4 is 0 Å². The summed E-state index contributed by atoms with van der Waals surface area (Å²) in [6.07, 6.45) is 9.19. The Morgan fingerprint density at radius 3 is 2.61 bits per heavy atom. The molecule has 0 spiro atoms. The molecule has 1 heterocycles. The molecule has 4 heteroatoms. The van der Waals surface area contributed by atoms with Crippen LogP contribution in [0.4, 0.5) is 0 Å². The summed E-state index contributed by atoms with van der Waals surface area (Å²) in [5.41, 5.74) is 2.05. The second-order valence-electron chi connectivity index (χ2n) is 8.46. The average molecular weight is 385 g/mol. The molecule has 4 nitrogen and oxygen atoms in total. The van der Waals surface area contributed by atoms with Crippen molar-refractivity contribution in [2.45, 2.75) is 50.2 Å². The van der Waals surface area contributed by atoms with Gasteiger partial charge in [-0.25, -0.2) is 0 Å². The van der Waals surface area contributed by atoms with E-state index in [0.717, 1.165) is 64.2 Å². The highest BCUT2D eigenvalue weighted by molar-refractivity contribution is 5.41. The van der Waals surface area contributed by atoms with E-state index < -0.39 is 5.60 Å². The van der Waals surface area contributed by atoms with Crippen molar-refractivity contribution in [1.82, 2.24) is 9.80 Å². The van der Waals surface area contributed by atoms with Gasteiger partial charge in [0.2, 0.25) is 0 Å². The number of likely N-dealkylation sites (N-methyl/N-ethyl adjacent to an activating group) is 1. The smallest absolute Gasteiger partial charge is 0.119 e. The van der Waals surface area contributed by atoms with E-state index in [1.807, 2.05) is 12.2 Å². The van der Waals surface area contributed by atoms with Crippen molar-refractivity contribution in [3.63, 3.8) is 0 Å². The fourth-order valence-corrected chi connectivity index (χ4v) is 4.80. The van der Waals surface area contributed by atoms with Gasteiger partial charge in [-0.1, -0.05) is 37.5 Å². The maximum Gasteiger partial charge on any atom is 0.119 e. The molecule has 0 amide bonds. The monoisotopic (exact) mass is 384 g/mol. The van der Waals surface area contributed by atoms with E-state index >= 15 is 0 Å². The predicted octanol–water partition coefficient (Wildman–Crippen LogP) is 3.96. The Bertz CT molecular complexity index is 657. The van der Waals surface area contributed by atoms with Gasteiger partial charge >= 0.3 is 0 Å². The molecule has 1 aromatic carbocycles. The van der Waals surface area contributed by atoms with Crippen molar-refractivity contribution in [3.8, 4) is 5.75 Å². The van der Waals surface area contributed by atoms with Gasteiger partial charge in [0.05, 0.1) is 5.60 Å². The summed E-state index contributed by atoms with van der Waals surface area (Å²) in [4.78, 5) is 4.58. The maximum absolute atomic E-state index is 11.4. The lowest BCUT2D eigenvalue weighted by Gasteiger charge is -2.44. The normalized spacial score (nSPS) is 21.9. The van der Waals surface area contributed by atoms with E-state index in [2.05, 4.69) is 48.2 Å². The van der Waals surface area contributed by atoms with Crippen LogP contribution in [-0.4, -0.2) is 60.3 Å². The second kappa shape index (κ2) is 9.73. The number of fused-ring (bicyclic) bond motifs is 1. The highest BCUT2D eigenvalue weighted by Crippen LogP contribution is 2.44. The van der Waals surface area contributed by atoms with Crippen molar-refractivity contribution in [3.05, 3.63) is 54.6 Å². The Kier molecular flexibility index (Phi) is 7.33. The van der Waals surface area contributed by atoms with Crippen molar-refractivity contribution < 1.29 is 9.84 Å². The molecule has 28 heavy (non-hydrogen) atoms. The van der Waals surface area contributed by atoms with E-state index in [1.54, 1.807) is 0 Å². The molecule has 2 aliphatic rings. The van der Waals surface area contributed by atoms with Crippen molar-refractivity contribution in [2.75, 3.05) is 39.8 Å². The zero-order chi connectivity index (χ0) is 20.0. The molecular weight excluding hydrogens is 348 g/mol. The zero-order valence-electron chi connectivity index (χ0n) is 17.4. The van der Waals surface area contributed by atoms with Gasteiger partial charge in [-0.3, -0.25) is 4.90 Å². The van der Waals surface area contributed by atoms with E-state index in [9.17, 15) is 5.11 Å². The standard InChI is InChI=1S/C24H36N2O2/c1-4-13-26(14-5-2)15-16-28-21-9-10-22-20(17-21)18-25(3)19-23(22)24(27)11-7-6-8-12-24/h4-5,9-10,17,23,27H,1-2,6-8,11-16,18-19H2,3H3. The molecule has 1 N–H and O–H groups in total. The molecule has 0 bridgehead atoms. The lowest BCUT2D eigenvalue weighted by molar-refractivity contribution is -0.0333. The Morgan fingerprint density at radius 1 is 1.21 bits per heavy atom. The van der Waals surface area contributed by atoms with Crippen LogP contribution in [0, 0.1) is 0 Å². The number of ether oxygens (including phenoxy) is 1. The summed E-state index contributed by atoms with van der Waals surface area (Å²) in [6, 6.07) is 6.45. The van der Waals surface area contributed by atoms with Gasteiger partial charge in [-0.2, -0.15) is 0 Å². The highest BCUT2D eigenvalue weighted by Gasteiger charge is 2.41. The fourth-order valence-electron chi connectivity index (χ4n) is 4.80. The largest absolute Gasteiger partial charge is 0.492 e. The molecule has 1 aliphatic carbocycles. The SMILES string of the molecule is C=CCN(CC=C)CCOc1ccc2c(c1)CN(C)CC2C1(O)CCCCC1. The van der Waals surface area contributed by atoms with Crippen LogP contribution in [0.15, 0.2) is 43.5 Å². The second-order valence-corrected chi connectivity index (χ2v) is 8.46. The van der Waals surface area contributed by atoms with Gasteiger partial charge < -0.3 is 14.7 Å². The number of hydrogen-bond donors (Lipinski definition) is 1. The first-order chi connectivity index (χ1) is 13.6. The fraction of sp³-hybridized carbons (Fsp3) is 0.583. The van der Waals surface area contributed by atoms with E-state index in [4.69, 9.17) is 4.74 Å². The molecule has 1 saturated carbocycles. The topological polar surface area (TPSA) is 35.9 Å². The van der Waals surface area contributed by atoms with Gasteiger partial charge in [0.25, 0.3) is 0 Å². The van der Waals surface area contributed by atoms with E-state index in [0.29, 0.717) is 6.61 Å². The minimum Gasteiger partial charge on any atom is -0.492 e. The van der Waals surface area contributed by atoms with Crippen LogP contribution < -0.4 is 4.74 Å². The van der Waals surface area contributed by atoms with Crippen LogP contribution in [-0.2, 0) is 6.54 Å². The Hall–Kier alpha value is -1.62. The summed E-state index contributed by atoms with van der Waals surface area (Å²) in [6.45, 7) is 12.6. The highest BCUT2D eigenvalue weighted by atomic mass is 16.5. The van der Waals surface area contributed by atoms with Crippen LogP contribution in [0.2, 0.25) is 0 Å². The molecule has 3 rings (SSSR count). The zero-order valence-corrected chi connectivity index (χ0v) is 17.4. The van der Waals surface area contributed by atoms with Gasteiger partial charge in [0.15, 0.2) is 0 Å². The number of benzene rings is 1. The lowest BCUT2D eigenvalue weighted by atomic mass is 9.70. The Balaban J connectivity index is 1.68. The third-order valence-electron chi connectivity index (χ3n) is 6.24. The molecule has 154 valence electrons. The minimum absolute atomic E-state index is 0.200. The lowest BCUT2D eigenvalue weighted by Crippen LogP contribution is -2.46. The van der Waals surface area contributed by atoms with Gasteiger partial charge in [-0.15, -0.1) is 13.2 Å². The van der Waals surface area contributed by atoms with Crippen LogP contribution in [0.1, 0.15) is 49.1 Å². The molecule has 0 saturated heterocycles. The van der Waals surface area contributed by atoms with Gasteiger partial charge in [0.1, 0.15) is 12.4 Å². The van der Waals surface area contributed by atoms with Gasteiger partial charge in [0, 0.05) is 38.6 Å². The molecule has 0 aromatic heterocycles. The van der Waals surface area contributed by atoms with Crippen LogP contribution in [0.3, 0.4) is 0 Å². The average Bonchev–Trinajstić information content (AvgIpc) is 2.68. The molecular formula is C24H36N2O2. The summed E-state index contributed by atoms with van der Waals surface area (Å²) in [5, 5.41) is 11.4. The number of aliphatic hydroxyl groups is 1. The Labute approximate surface area is 170 Å². The summed E-state index contributed by atoms with van der Waals surface area (Å²) < 4.78 is 6.05. The first-order valence-electron chi connectivity index (χ1n) is 10.7. The van der Waals surface area contributed by atoms with E-state index in [-0.39, 0.29) is 5.92 Å². The molecule has 1 atom stereocenters. The van der Waals surface area contributed by atoms with Crippen LogP contribution in [0.5, 0.6) is 5.75 Å². The molecule has 1 aromatic rings.